The molecule has 70 valence electrons. The van der Waals surface area contributed by atoms with Gasteiger partial charge in [0.05, 0.1) is 6.61 Å². The van der Waals surface area contributed by atoms with Crippen LogP contribution in [0.3, 0.4) is 0 Å². The highest BCUT2D eigenvalue weighted by Crippen LogP contribution is 2.37. The lowest BCUT2D eigenvalue weighted by Gasteiger charge is -2.05. The van der Waals surface area contributed by atoms with Gasteiger partial charge in [-0.2, -0.15) is 0 Å². The van der Waals surface area contributed by atoms with E-state index in [1.165, 1.54) is 29.5 Å². The van der Waals surface area contributed by atoms with Gasteiger partial charge in [0.1, 0.15) is 0 Å². The summed E-state index contributed by atoms with van der Waals surface area (Å²) in [5.74, 6) is 0. The van der Waals surface area contributed by atoms with E-state index in [9.17, 15) is 0 Å². The van der Waals surface area contributed by atoms with Crippen LogP contribution < -0.4 is 0 Å². The predicted octanol–water partition coefficient (Wildman–Crippen LogP) is 3.22. The van der Waals surface area contributed by atoms with Gasteiger partial charge in [-0.3, -0.25) is 0 Å². The molecule has 0 heterocycles. The number of ether oxygens (including phenoxy) is 1. The van der Waals surface area contributed by atoms with Gasteiger partial charge in [0.2, 0.25) is 0 Å². The lowest BCUT2D eigenvalue weighted by molar-refractivity contribution is 0.185. The summed E-state index contributed by atoms with van der Waals surface area (Å²) in [4.78, 5) is 0.555. The number of hydrogen-bond acceptors (Lipinski definition) is 1. The first-order chi connectivity index (χ1) is 6.31. The maximum Gasteiger partial charge on any atom is 0.0713 e. The SMILES string of the molecule is COCc1ccc2c(c1)C(Br)CC2. The summed E-state index contributed by atoms with van der Waals surface area (Å²) in [5.41, 5.74) is 4.21. The Kier molecular flexibility index (Phi) is 2.70. The first kappa shape index (κ1) is 9.22. The van der Waals surface area contributed by atoms with E-state index in [4.69, 9.17) is 4.74 Å². The molecule has 1 aromatic carbocycles. The van der Waals surface area contributed by atoms with E-state index in [0.29, 0.717) is 11.4 Å². The minimum atomic E-state index is 0.555. The number of hydrogen-bond donors (Lipinski definition) is 0. The maximum absolute atomic E-state index is 5.11. The third-order valence-corrected chi connectivity index (χ3v) is 3.48. The average molecular weight is 241 g/mol. The fourth-order valence-electron chi connectivity index (χ4n) is 1.86. The smallest absolute Gasteiger partial charge is 0.0713 e. The van der Waals surface area contributed by atoms with Crippen LogP contribution in [0.15, 0.2) is 18.2 Å². The molecular formula is C11H13BrO. The number of fused-ring (bicyclic) bond motifs is 1. The van der Waals surface area contributed by atoms with E-state index < -0.39 is 0 Å². The quantitative estimate of drug-likeness (QED) is 0.722. The highest BCUT2D eigenvalue weighted by Gasteiger charge is 2.19. The number of halogens is 1. The van der Waals surface area contributed by atoms with Crippen molar-refractivity contribution >= 4 is 15.9 Å². The van der Waals surface area contributed by atoms with Gasteiger partial charge in [-0.25, -0.2) is 0 Å². The molecule has 0 aromatic heterocycles. The molecule has 0 saturated heterocycles. The largest absolute Gasteiger partial charge is 0.380 e. The van der Waals surface area contributed by atoms with Crippen molar-refractivity contribution in [2.75, 3.05) is 7.11 Å². The Morgan fingerprint density at radius 3 is 3.15 bits per heavy atom. The summed E-state index contributed by atoms with van der Waals surface area (Å²) in [5, 5.41) is 0. The van der Waals surface area contributed by atoms with Crippen LogP contribution >= 0.6 is 15.9 Å². The Labute approximate surface area is 87.2 Å². The molecule has 2 heteroatoms. The molecule has 0 fully saturated rings. The summed E-state index contributed by atoms with van der Waals surface area (Å²) < 4.78 is 5.11. The van der Waals surface area contributed by atoms with Gasteiger partial charge < -0.3 is 4.74 Å². The monoisotopic (exact) mass is 240 g/mol. The van der Waals surface area contributed by atoms with E-state index in [0.717, 1.165) is 0 Å². The van der Waals surface area contributed by atoms with Crippen LogP contribution in [0.25, 0.3) is 0 Å². The maximum atomic E-state index is 5.11. The van der Waals surface area contributed by atoms with Crippen LogP contribution in [0.5, 0.6) is 0 Å². The number of benzene rings is 1. The first-order valence-corrected chi connectivity index (χ1v) is 5.47. The molecule has 0 N–H and O–H groups in total. The van der Waals surface area contributed by atoms with Crippen LogP contribution in [0, 0.1) is 0 Å². The van der Waals surface area contributed by atoms with Gasteiger partial charge in [-0.15, -0.1) is 0 Å². The van der Waals surface area contributed by atoms with Crippen molar-refractivity contribution < 1.29 is 4.74 Å². The van der Waals surface area contributed by atoms with Gasteiger partial charge in [0, 0.05) is 11.9 Å². The molecule has 0 radical (unpaired) electrons. The van der Waals surface area contributed by atoms with E-state index in [2.05, 4.69) is 34.1 Å². The number of methoxy groups -OCH3 is 1. The molecule has 2 rings (SSSR count). The molecule has 1 aliphatic carbocycles. The molecule has 0 spiro atoms. The molecule has 1 unspecified atom stereocenters. The van der Waals surface area contributed by atoms with Crippen LogP contribution in [-0.4, -0.2) is 7.11 Å². The van der Waals surface area contributed by atoms with Crippen LogP contribution in [0.2, 0.25) is 0 Å². The first-order valence-electron chi connectivity index (χ1n) is 4.56. The summed E-state index contributed by atoms with van der Waals surface area (Å²) in [7, 11) is 1.73. The number of alkyl halides is 1. The predicted molar refractivity (Wildman–Crippen MR) is 57.1 cm³/mol. The van der Waals surface area contributed by atoms with Crippen molar-refractivity contribution in [2.45, 2.75) is 24.3 Å². The van der Waals surface area contributed by atoms with E-state index in [1.54, 1.807) is 7.11 Å². The highest BCUT2D eigenvalue weighted by molar-refractivity contribution is 9.09. The molecule has 0 aliphatic heterocycles. The molecule has 1 nitrogen and oxygen atoms in total. The lowest BCUT2D eigenvalue weighted by Crippen LogP contribution is -1.91. The number of aryl methyl sites for hydroxylation is 1. The third kappa shape index (κ3) is 1.79. The molecule has 1 aromatic rings. The van der Waals surface area contributed by atoms with Crippen molar-refractivity contribution in [1.29, 1.82) is 0 Å². The van der Waals surface area contributed by atoms with E-state index >= 15 is 0 Å². The molecular weight excluding hydrogens is 228 g/mol. The second-order valence-electron chi connectivity index (χ2n) is 3.47. The summed E-state index contributed by atoms with van der Waals surface area (Å²) in [6.07, 6.45) is 2.43. The Morgan fingerprint density at radius 2 is 2.38 bits per heavy atom. The van der Waals surface area contributed by atoms with Gasteiger partial charge in [0.25, 0.3) is 0 Å². The molecule has 13 heavy (non-hydrogen) atoms. The van der Waals surface area contributed by atoms with Crippen LogP contribution in [0.4, 0.5) is 0 Å². The Bertz CT molecular complexity index is 309. The molecule has 0 saturated carbocycles. The van der Waals surface area contributed by atoms with Crippen molar-refractivity contribution in [3.8, 4) is 0 Å². The Balaban J connectivity index is 2.31. The van der Waals surface area contributed by atoms with Crippen LogP contribution in [0.1, 0.15) is 27.9 Å². The average Bonchev–Trinajstić information content (AvgIpc) is 2.49. The Hall–Kier alpha value is -0.340. The van der Waals surface area contributed by atoms with Crippen LogP contribution in [-0.2, 0) is 17.8 Å². The molecule has 0 bridgehead atoms. The summed E-state index contributed by atoms with van der Waals surface area (Å²) >= 11 is 3.68. The van der Waals surface area contributed by atoms with Crippen molar-refractivity contribution in [1.82, 2.24) is 0 Å². The van der Waals surface area contributed by atoms with Crippen molar-refractivity contribution in [3.63, 3.8) is 0 Å². The zero-order valence-electron chi connectivity index (χ0n) is 7.72. The minimum absolute atomic E-state index is 0.555. The fraction of sp³-hybridized carbons (Fsp3) is 0.455. The van der Waals surface area contributed by atoms with Gasteiger partial charge in [-0.1, -0.05) is 34.1 Å². The summed E-state index contributed by atoms with van der Waals surface area (Å²) in [6.45, 7) is 0.715. The van der Waals surface area contributed by atoms with Crippen molar-refractivity contribution in [2.24, 2.45) is 0 Å². The van der Waals surface area contributed by atoms with Gasteiger partial charge >= 0.3 is 0 Å². The normalized spacial score (nSPS) is 20.3. The fourth-order valence-corrected chi connectivity index (χ4v) is 2.51. The Morgan fingerprint density at radius 1 is 1.54 bits per heavy atom. The van der Waals surface area contributed by atoms with E-state index in [1.807, 2.05) is 0 Å². The summed E-state index contributed by atoms with van der Waals surface area (Å²) in [6, 6.07) is 6.64. The zero-order valence-corrected chi connectivity index (χ0v) is 9.30. The zero-order chi connectivity index (χ0) is 9.26. The molecule has 0 amide bonds. The molecule has 1 atom stereocenters. The minimum Gasteiger partial charge on any atom is -0.380 e. The van der Waals surface area contributed by atoms with Crippen molar-refractivity contribution in [3.05, 3.63) is 34.9 Å². The van der Waals surface area contributed by atoms with E-state index in [-0.39, 0.29) is 0 Å². The van der Waals surface area contributed by atoms with Gasteiger partial charge in [-0.05, 0) is 29.5 Å². The molecule has 1 aliphatic rings. The lowest BCUT2D eigenvalue weighted by atomic mass is 10.1. The number of rotatable bonds is 2. The second-order valence-corrected chi connectivity index (χ2v) is 4.58. The standard InChI is InChI=1S/C11H13BrO/c1-13-7-8-2-3-9-4-5-11(12)10(9)6-8/h2-3,6,11H,4-5,7H2,1H3. The highest BCUT2D eigenvalue weighted by atomic mass is 79.9. The third-order valence-electron chi connectivity index (χ3n) is 2.53. The second kappa shape index (κ2) is 3.81. The topological polar surface area (TPSA) is 9.23 Å². The van der Waals surface area contributed by atoms with Gasteiger partial charge in [0.15, 0.2) is 0 Å².